The van der Waals surface area contributed by atoms with Gasteiger partial charge < -0.3 is 19.8 Å². The Kier molecular flexibility index (Phi) is 5.25. The van der Waals surface area contributed by atoms with Gasteiger partial charge in [0.1, 0.15) is 5.75 Å². The van der Waals surface area contributed by atoms with Crippen molar-refractivity contribution >= 4 is 0 Å². The molecule has 1 aromatic carbocycles. The van der Waals surface area contributed by atoms with Gasteiger partial charge in [-0.25, -0.2) is 0 Å². The van der Waals surface area contributed by atoms with Crippen LogP contribution >= 0.6 is 0 Å². The summed E-state index contributed by atoms with van der Waals surface area (Å²) in [6.07, 6.45) is -0.0808. The van der Waals surface area contributed by atoms with Crippen molar-refractivity contribution < 1.29 is 14.9 Å². The molecule has 0 radical (unpaired) electrons. The van der Waals surface area contributed by atoms with E-state index in [2.05, 4.69) is 0 Å². The van der Waals surface area contributed by atoms with Gasteiger partial charge in [0.2, 0.25) is 0 Å². The van der Waals surface area contributed by atoms with Crippen molar-refractivity contribution in [1.29, 1.82) is 0 Å². The molecule has 0 aromatic heterocycles. The van der Waals surface area contributed by atoms with Gasteiger partial charge in [-0.2, -0.15) is 0 Å². The fraction of sp³-hybridized carbons (Fsp3) is 0.500. The van der Waals surface area contributed by atoms with E-state index >= 15 is 0 Å². The largest absolute Gasteiger partial charge is 0.508 e. The molecule has 0 aliphatic carbocycles. The third kappa shape index (κ3) is 4.18. The molecule has 0 saturated heterocycles. The molecule has 90 valence electrons. The lowest BCUT2D eigenvalue weighted by Crippen LogP contribution is -2.23. The van der Waals surface area contributed by atoms with Crippen molar-refractivity contribution in [3.8, 4) is 5.75 Å². The van der Waals surface area contributed by atoms with Crippen LogP contribution in [-0.4, -0.2) is 49.0 Å². The smallest absolute Gasteiger partial charge is 0.115 e. The van der Waals surface area contributed by atoms with Gasteiger partial charge in [0.05, 0.1) is 19.3 Å². The lowest BCUT2D eigenvalue weighted by atomic mass is 10.1. The molecule has 0 saturated carbocycles. The van der Waals surface area contributed by atoms with Crippen molar-refractivity contribution in [1.82, 2.24) is 4.90 Å². The van der Waals surface area contributed by atoms with E-state index in [4.69, 9.17) is 9.84 Å². The van der Waals surface area contributed by atoms with Crippen LogP contribution in [0.1, 0.15) is 11.7 Å². The van der Waals surface area contributed by atoms with Crippen molar-refractivity contribution in [2.75, 3.05) is 33.9 Å². The highest BCUT2D eigenvalue weighted by molar-refractivity contribution is 5.27. The molecule has 0 spiro atoms. The summed E-state index contributed by atoms with van der Waals surface area (Å²) in [6.45, 7) is 1.08. The number of likely N-dealkylation sites (N-methyl/N-ethyl adjacent to an activating group) is 1. The summed E-state index contributed by atoms with van der Waals surface area (Å²) in [6, 6.07) is 6.95. The van der Waals surface area contributed by atoms with Crippen LogP contribution in [0, 0.1) is 0 Å². The molecule has 4 heteroatoms. The molecule has 16 heavy (non-hydrogen) atoms. The minimum Gasteiger partial charge on any atom is -0.508 e. The predicted molar refractivity (Wildman–Crippen MR) is 62.4 cm³/mol. The minimum absolute atomic E-state index is 0.0159. The van der Waals surface area contributed by atoms with Crippen LogP contribution in [0.3, 0.4) is 0 Å². The molecule has 0 heterocycles. The molecular formula is C12H19NO3. The minimum atomic E-state index is -0.0808. The second-order valence-electron chi connectivity index (χ2n) is 3.94. The number of rotatable bonds is 6. The van der Waals surface area contributed by atoms with Gasteiger partial charge >= 0.3 is 0 Å². The van der Waals surface area contributed by atoms with Crippen LogP contribution in [0.5, 0.6) is 5.75 Å². The Morgan fingerprint density at radius 3 is 2.38 bits per heavy atom. The second kappa shape index (κ2) is 6.48. The number of nitrogens with zero attached hydrogens (tertiary/aromatic N) is 1. The average molecular weight is 225 g/mol. The van der Waals surface area contributed by atoms with Crippen LogP contribution in [0.2, 0.25) is 0 Å². The second-order valence-corrected chi connectivity index (χ2v) is 3.94. The number of phenolic OH excluding ortho intramolecular Hbond substituents is 1. The quantitative estimate of drug-likeness (QED) is 0.758. The Morgan fingerprint density at radius 1 is 1.25 bits per heavy atom. The standard InChI is InChI=1S/C12H19NO3/c1-13(2)9-12(16-8-7-14)10-3-5-11(15)6-4-10/h3-6,12,14-15H,7-9H2,1-2H3. The molecule has 1 atom stereocenters. The van der Waals surface area contributed by atoms with E-state index in [-0.39, 0.29) is 18.5 Å². The third-order valence-electron chi connectivity index (χ3n) is 2.21. The van der Waals surface area contributed by atoms with Gasteiger partial charge in [-0.05, 0) is 31.8 Å². The Labute approximate surface area is 96.1 Å². The van der Waals surface area contributed by atoms with Crippen LogP contribution in [0.15, 0.2) is 24.3 Å². The predicted octanol–water partition coefficient (Wildman–Crippen LogP) is 1.00. The van der Waals surface area contributed by atoms with Gasteiger partial charge in [-0.3, -0.25) is 0 Å². The lowest BCUT2D eigenvalue weighted by molar-refractivity contribution is 0.0141. The van der Waals surface area contributed by atoms with Crippen LogP contribution in [0.4, 0.5) is 0 Å². The van der Waals surface area contributed by atoms with Crippen molar-refractivity contribution in [3.63, 3.8) is 0 Å². The van der Waals surface area contributed by atoms with E-state index in [1.807, 2.05) is 31.1 Å². The van der Waals surface area contributed by atoms with E-state index in [1.165, 1.54) is 0 Å². The number of aliphatic hydroxyl groups excluding tert-OH is 1. The van der Waals surface area contributed by atoms with Crippen molar-refractivity contribution in [2.45, 2.75) is 6.10 Å². The summed E-state index contributed by atoms with van der Waals surface area (Å²) in [4.78, 5) is 2.02. The maximum Gasteiger partial charge on any atom is 0.115 e. The van der Waals surface area contributed by atoms with Crippen molar-refractivity contribution in [2.24, 2.45) is 0 Å². The average Bonchev–Trinajstić information content (AvgIpc) is 2.25. The van der Waals surface area contributed by atoms with E-state index in [0.717, 1.165) is 12.1 Å². The fourth-order valence-electron chi connectivity index (χ4n) is 1.47. The first-order valence-electron chi connectivity index (χ1n) is 5.29. The SMILES string of the molecule is CN(C)CC(OCCO)c1ccc(O)cc1. The van der Waals surface area contributed by atoms with Crippen LogP contribution in [-0.2, 0) is 4.74 Å². The molecule has 1 unspecified atom stereocenters. The van der Waals surface area contributed by atoms with E-state index in [1.54, 1.807) is 12.1 Å². The summed E-state index contributed by atoms with van der Waals surface area (Å²) in [5, 5.41) is 18.0. The van der Waals surface area contributed by atoms with Gasteiger partial charge in [-0.1, -0.05) is 12.1 Å². The number of aromatic hydroxyl groups is 1. The zero-order valence-electron chi connectivity index (χ0n) is 9.76. The summed E-state index contributed by atoms with van der Waals surface area (Å²) in [5.74, 6) is 0.245. The number of hydrogen-bond acceptors (Lipinski definition) is 4. The molecule has 0 bridgehead atoms. The van der Waals surface area contributed by atoms with Gasteiger partial charge in [0.25, 0.3) is 0 Å². The normalized spacial score (nSPS) is 13.0. The maximum absolute atomic E-state index is 9.21. The fourth-order valence-corrected chi connectivity index (χ4v) is 1.47. The van der Waals surface area contributed by atoms with Crippen LogP contribution < -0.4 is 0 Å². The molecule has 0 fully saturated rings. The molecule has 2 N–H and O–H groups in total. The first-order chi connectivity index (χ1) is 7.63. The van der Waals surface area contributed by atoms with Gasteiger partial charge in [0.15, 0.2) is 0 Å². The molecular weight excluding hydrogens is 206 g/mol. The number of phenols is 1. The number of hydrogen-bond donors (Lipinski definition) is 2. The first-order valence-corrected chi connectivity index (χ1v) is 5.29. The Morgan fingerprint density at radius 2 is 1.88 bits per heavy atom. The van der Waals surface area contributed by atoms with Crippen LogP contribution in [0.25, 0.3) is 0 Å². The Hall–Kier alpha value is -1.10. The van der Waals surface area contributed by atoms with Gasteiger partial charge in [-0.15, -0.1) is 0 Å². The summed E-state index contributed by atoms with van der Waals surface area (Å²) in [7, 11) is 3.94. The summed E-state index contributed by atoms with van der Waals surface area (Å²) in [5.41, 5.74) is 1.000. The van der Waals surface area contributed by atoms with E-state index < -0.39 is 0 Å². The zero-order chi connectivity index (χ0) is 12.0. The van der Waals surface area contributed by atoms with Crippen molar-refractivity contribution in [3.05, 3.63) is 29.8 Å². The topological polar surface area (TPSA) is 52.9 Å². The molecule has 0 amide bonds. The Balaban J connectivity index is 2.70. The maximum atomic E-state index is 9.21. The zero-order valence-corrected chi connectivity index (χ0v) is 9.76. The Bertz CT molecular complexity index is 298. The van der Waals surface area contributed by atoms with E-state index in [0.29, 0.717) is 6.61 Å². The first kappa shape index (κ1) is 13.0. The monoisotopic (exact) mass is 225 g/mol. The highest BCUT2D eigenvalue weighted by Crippen LogP contribution is 2.20. The van der Waals surface area contributed by atoms with E-state index in [9.17, 15) is 5.11 Å². The number of ether oxygens (including phenoxy) is 1. The highest BCUT2D eigenvalue weighted by atomic mass is 16.5. The number of benzene rings is 1. The number of aliphatic hydroxyl groups is 1. The molecule has 1 rings (SSSR count). The molecule has 1 aromatic rings. The molecule has 4 nitrogen and oxygen atoms in total. The molecule has 0 aliphatic rings. The lowest BCUT2D eigenvalue weighted by Gasteiger charge is -2.21. The molecule has 0 aliphatic heterocycles. The summed E-state index contributed by atoms with van der Waals surface area (Å²) >= 11 is 0. The third-order valence-corrected chi connectivity index (χ3v) is 2.21. The highest BCUT2D eigenvalue weighted by Gasteiger charge is 2.12. The van der Waals surface area contributed by atoms with Gasteiger partial charge in [0, 0.05) is 6.54 Å². The summed E-state index contributed by atoms with van der Waals surface area (Å²) < 4.78 is 5.55.